The molecule has 8 saturated carbocycles. The van der Waals surface area contributed by atoms with Gasteiger partial charge < -0.3 is 25.5 Å². The number of carboxylic acid groups (broad SMARTS) is 2. The first-order chi connectivity index (χ1) is 29.3. The maximum atomic E-state index is 14.0. The van der Waals surface area contributed by atoms with Gasteiger partial charge in [0.05, 0.1) is 19.7 Å². The van der Waals surface area contributed by atoms with Gasteiger partial charge in [0.25, 0.3) is 0 Å². The molecule has 8 aliphatic carbocycles. The van der Waals surface area contributed by atoms with Crippen molar-refractivity contribution in [3.05, 3.63) is 0 Å². The van der Waals surface area contributed by atoms with Crippen LogP contribution in [0.1, 0.15) is 188 Å². The van der Waals surface area contributed by atoms with Gasteiger partial charge in [-0.3, -0.25) is 14.4 Å². The van der Waals surface area contributed by atoms with Crippen molar-refractivity contribution in [2.75, 3.05) is 0 Å². The number of carboxylic acids is 2. The second-order valence-electron chi connectivity index (χ2n) is 23.4. The highest BCUT2D eigenvalue weighted by Gasteiger charge is 2.67. The lowest BCUT2D eigenvalue weighted by Crippen LogP contribution is -2.62. The zero-order valence-electron chi connectivity index (χ0n) is 41.6. The summed E-state index contributed by atoms with van der Waals surface area (Å²) >= 11 is 0. The number of hydrogen-bond donors (Lipinski definition) is 5. The molecule has 0 radical (unpaired) electrons. The van der Waals surface area contributed by atoms with Crippen molar-refractivity contribution >= 4 is 17.7 Å². The number of carbonyl (C=O) groups is 3. The Kier molecular flexibility index (Phi) is 12.4. The van der Waals surface area contributed by atoms with Gasteiger partial charge in [0.2, 0.25) is 0 Å². The third-order valence-corrected chi connectivity index (χ3v) is 21.1. The molecule has 8 fully saturated rings. The van der Waals surface area contributed by atoms with E-state index in [4.69, 9.17) is 13.0 Å². The third kappa shape index (κ3) is 7.68. The van der Waals surface area contributed by atoms with Crippen molar-refractivity contribution in [1.82, 2.24) is 0 Å². The van der Waals surface area contributed by atoms with Gasteiger partial charge in [0.1, 0.15) is 5.78 Å². The van der Waals surface area contributed by atoms with E-state index < -0.39 is 36.7 Å². The average Bonchev–Trinajstić information content (AvgIpc) is 3.74. The number of aliphatic carboxylic acids is 2. The molecule has 0 aromatic heterocycles. The molecule has 0 aromatic carbocycles. The first-order valence-corrected chi connectivity index (χ1v) is 24.7. The van der Waals surface area contributed by atoms with E-state index in [-0.39, 0.29) is 88.1 Å². The first kappa shape index (κ1) is 42.4. The van der Waals surface area contributed by atoms with Crippen molar-refractivity contribution in [3.63, 3.8) is 0 Å². The largest absolute Gasteiger partial charge is 0.481 e. The van der Waals surface area contributed by atoms with Crippen LogP contribution in [0.5, 0.6) is 0 Å². The van der Waals surface area contributed by atoms with Gasteiger partial charge in [-0.05, 0) is 202 Å². The first-order valence-electron chi connectivity index (χ1n) is 26.4. The smallest absolute Gasteiger partial charge is 0.303 e. The average molecular weight is 842 g/mol. The molecule has 0 saturated heterocycles. The summed E-state index contributed by atoms with van der Waals surface area (Å²) in [4.78, 5) is 36.3. The molecule has 0 heterocycles. The minimum Gasteiger partial charge on any atom is -0.481 e. The molecule has 23 atom stereocenters. The quantitative estimate of drug-likeness (QED) is 0.146. The van der Waals surface area contributed by atoms with Crippen LogP contribution in [-0.2, 0) is 14.4 Å². The van der Waals surface area contributed by atoms with Crippen LogP contribution in [-0.4, -0.2) is 61.5 Å². The van der Waals surface area contributed by atoms with E-state index >= 15 is 0 Å². The number of Topliss-reactive ketones (excluding diaryl/α,β-unsaturated/α-hetero) is 1. The van der Waals surface area contributed by atoms with Crippen molar-refractivity contribution in [1.29, 1.82) is 0 Å². The molecule has 8 heteroatoms. The molecular formula is C52H86O8. The summed E-state index contributed by atoms with van der Waals surface area (Å²) in [7, 11) is 0. The predicted octanol–water partition coefficient (Wildman–Crippen LogP) is 10.4. The lowest BCUT2D eigenvalue weighted by atomic mass is 9.41. The van der Waals surface area contributed by atoms with E-state index in [2.05, 4.69) is 41.5 Å². The Morgan fingerprint density at radius 3 is 1.58 bits per heavy atom. The van der Waals surface area contributed by atoms with Gasteiger partial charge in [-0.25, -0.2) is 0 Å². The minimum absolute atomic E-state index is 0.0125. The summed E-state index contributed by atoms with van der Waals surface area (Å²) in [6.07, 6.45) is 11.7. The minimum atomic E-state index is -1.65. The zero-order chi connectivity index (χ0) is 46.4. The van der Waals surface area contributed by atoms with Crippen LogP contribution in [0.2, 0.25) is 0 Å². The third-order valence-electron chi connectivity index (χ3n) is 21.1. The van der Waals surface area contributed by atoms with Crippen molar-refractivity contribution < 1.29 is 44.0 Å². The molecule has 8 aliphatic rings. The second-order valence-corrected chi connectivity index (χ2v) is 23.4. The van der Waals surface area contributed by atoms with Gasteiger partial charge >= 0.3 is 11.9 Å². The van der Waals surface area contributed by atoms with Crippen molar-refractivity contribution in [2.45, 2.75) is 202 Å². The molecular weight excluding hydrogens is 753 g/mol. The fourth-order valence-electron chi connectivity index (χ4n) is 18.0. The van der Waals surface area contributed by atoms with Crippen LogP contribution in [0.3, 0.4) is 0 Å². The number of aliphatic hydroxyl groups excluding tert-OH is 2. The summed E-state index contributed by atoms with van der Waals surface area (Å²) in [6, 6.07) is 0. The lowest BCUT2D eigenvalue weighted by Gasteiger charge is -2.64. The van der Waals surface area contributed by atoms with Crippen LogP contribution in [0.4, 0.5) is 0 Å². The van der Waals surface area contributed by atoms with E-state index in [1.807, 2.05) is 13.8 Å². The number of ketones is 1. The van der Waals surface area contributed by atoms with Crippen LogP contribution < -0.4 is 0 Å². The SMILES string of the molecule is [2H]C(C)[C@@H]1[C@@H]2C[C@H](O)CC[C@]2(C)C2CC[C@@]3(C)C(CC[C@@H]3[C@H](C)CCC(=O)O)C2[C@]1([2H])O.[2H]C(C)[C@H]1C(=O)C2C3CC[C@H]([C@H](C)CCC(=O)O)[C@@]3(C)CCC2[C@@]2(C)CC[C@@H](O)C[C@@H]12. The van der Waals surface area contributed by atoms with Crippen LogP contribution in [0.25, 0.3) is 0 Å². The Hall–Kier alpha value is -1.51. The Morgan fingerprint density at radius 1 is 0.633 bits per heavy atom. The Balaban J connectivity index is 0.000000189. The molecule has 8 rings (SSSR count). The number of aliphatic hydroxyl groups is 3. The number of carbonyl (C=O) groups excluding carboxylic acids is 1. The molecule has 0 bridgehead atoms. The van der Waals surface area contributed by atoms with E-state index in [9.17, 15) is 31.1 Å². The van der Waals surface area contributed by atoms with E-state index in [0.29, 0.717) is 67.0 Å². The van der Waals surface area contributed by atoms with Crippen LogP contribution in [0.15, 0.2) is 0 Å². The van der Waals surface area contributed by atoms with Gasteiger partial charge in [-0.15, -0.1) is 0 Å². The van der Waals surface area contributed by atoms with Gasteiger partial charge in [0.15, 0.2) is 0 Å². The van der Waals surface area contributed by atoms with Crippen LogP contribution >= 0.6 is 0 Å². The second kappa shape index (κ2) is 17.5. The summed E-state index contributed by atoms with van der Waals surface area (Å²) in [6.45, 7) is 17.5. The molecule has 0 spiro atoms. The molecule has 0 amide bonds. The summed E-state index contributed by atoms with van der Waals surface area (Å²) in [5.41, 5.74) is 0.126. The maximum Gasteiger partial charge on any atom is 0.303 e. The summed E-state index contributed by atoms with van der Waals surface area (Å²) in [5, 5.41) is 51.1. The van der Waals surface area contributed by atoms with Crippen molar-refractivity contribution in [3.8, 4) is 0 Å². The fraction of sp³-hybridized carbons (Fsp3) is 0.942. The zero-order valence-corrected chi connectivity index (χ0v) is 38.6. The highest BCUT2D eigenvalue weighted by atomic mass is 16.4. The molecule has 342 valence electrons. The monoisotopic (exact) mass is 842 g/mol. The Labute approximate surface area is 367 Å². The molecule has 0 aromatic rings. The van der Waals surface area contributed by atoms with Gasteiger partial charge in [-0.1, -0.05) is 61.8 Å². The number of fused-ring (bicyclic) bond motifs is 10. The molecule has 8 unspecified atom stereocenters. The Morgan fingerprint density at radius 2 is 1.07 bits per heavy atom. The fourth-order valence-corrected chi connectivity index (χ4v) is 18.0. The van der Waals surface area contributed by atoms with Crippen LogP contribution in [0, 0.1) is 105 Å². The highest BCUT2D eigenvalue weighted by Crippen LogP contribution is 2.71. The molecule has 60 heavy (non-hydrogen) atoms. The van der Waals surface area contributed by atoms with Gasteiger partial charge in [-0.2, -0.15) is 0 Å². The normalized spacial score (nSPS) is 53.3. The summed E-state index contributed by atoms with van der Waals surface area (Å²) < 4.78 is 26.5. The van der Waals surface area contributed by atoms with Crippen molar-refractivity contribution in [2.24, 2.45) is 105 Å². The number of rotatable bonds is 10. The standard InChI is InChI=1S/C26H44O4.C26H42O4/c2*1-5-17-21-14-16(27)10-12-26(21,4)20-11-13-25(3)18(15(2)6-9-22(28)29)7-8-19(25)23(20)24(17)30/h15-21,23-24,27,30H,5-14H2,1-4H3,(H,28,29);15-21,23,27H,5-14H2,1-4H3,(H,28,29)/t15-,16-,17-,18-,19?,20?,21+,23?,24-,25-,26-;15-,16-,17-,18-,19?,20?,21+,23?,25-,26-/m11/s1/i5D,24D;5D/t5?,15-,16-,17-,18-,19?,20?,21+,23?,24-,25-,26-;5?,15-,16-,17-,18-,19?,20?,21+,23?,25-,26-. The summed E-state index contributed by atoms with van der Waals surface area (Å²) in [5.74, 6) is 1.02. The van der Waals surface area contributed by atoms with E-state index in [0.717, 1.165) is 77.0 Å². The highest BCUT2D eigenvalue weighted by molar-refractivity contribution is 5.86. The van der Waals surface area contributed by atoms with E-state index in [1.165, 1.54) is 0 Å². The molecule has 5 N–H and O–H groups in total. The number of hydrogen-bond acceptors (Lipinski definition) is 6. The molecule has 8 nitrogen and oxygen atoms in total. The van der Waals surface area contributed by atoms with Gasteiger partial charge in [0, 0.05) is 27.4 Å². The predicted molar refractivity (Wildman–Crippen MR) is 235 cm³/mol. The van der Waals surface area contributed by atoms with E-state index in [1.54, 1.807) is 0 Å². The lowest BCUT2D eigenvalue weighted by molar-refractivity contribution is -0.203. The maximum absolute atomic E-state index is 14.0. The topological polar surface area (TPSA) is 152 Å². The molecule has 0 aliphatic heterocycles. The Bertz CT molecular complexity index is 1690.